The number of aromatic nitrogens is 2. The van der Waals surface area contributed by atoms with Crippen LogP contribution in [0.2, 0.25) is 0 Å². The first-order valence-corrected chi connectivity index (χ1v) is 7.60. The van der Waals surface area contributed by atoms with Crippen molar-refractivity contribution in [2.75, 3.05) is 18.1 Å². The fourth-order valence-electron chi connectivity index (χ4n) is 2.58. The van der Waals surface area contributed by atoms with E-state index in [0.29, 0.717) is 17.6 Å². The summed E-state index contributed by atoms with van der Waals surface area (Å²) in [4.78, 5) is 2.46. The van der Waals surface area contributed by atoms with Crippen LogP contribution in [0.4, 0.5) is 5.82 Å². The van der Waals surface area contributed by atoms with Crippen LogP contribution in [0.3, 0.4) is 0 Å². The average molecular weight is 294 g/mol. The highest BCUT2D eigenvalue weighted by Gasteiger charge is 2.32. The largest absolute Gasteiger partial charge is 0.395 e. The highest BCUT2D eigenvalue weighted by atomic mass is 32.1. The predicted octanol–water partition coefficient (Wildman–Crippen LogP) is 1.20. The monoisotopic (exact) mass is 294 g/mol. The molecule has 0 amide bonds. The van der Waals surface area contributed by atoms with Gasteiger partial charge >= 0.3 is 0 Å². The van der Waals surface area contributed by atoms with Crippen LogP contribution in [-0.2, 0) is 12.8 Å². The molecule has 5 nitrogen and oxygen atoms in total. The molecule has 0 spiro atoms. The second kappa shape index (κ2) is 6.45. The quantitative estimate of drug-likeness (QED) is 0.736. The van der Waals surface area contributed by atoms with Crippen molar-refractivity contribution >= 4 is 23.0 Å². The van der Waals surface area contributed by atoms with Gasteiger partial charge < -0.3 is 15.7 Å². The standard InChI is InChI=1S/C14H22N4OS/c1-3-10-11(4-2)16-17-14(12(10)13(15)20)18(7-8-19)9-5-6-9/h9,19H,3-8H2,1-2H3,(H2,15,20). The van der Waals surface area contributed by atoms with Crippen LogP contribution in [0.15, 0.2) is 0 Å². The summed E-state index contributed by atoms with van der Waals surface area (Å²) in [6, 6.07) is 0.432. The van der Waals surface area contributed by atoms with E-state index in [4.69, 9.17) is 18.0 Å². The zero-order valence-electron chi connectivity index (χ0n) is 12.1. The van der Waals surface area contributed by atoms with E-state index in [9.17, 15) is 5.11 Å². The molecule has 2 rings (SSSR count). The summed E-state index contributed by atoms with van der Waals surface area (Å²) in [7, 11) is 0. The van der Waals surface area contributed by atoms with E-state index in [-0.39, 0.29) is 6.61 Å². The van der Waals surface area contributed by atoms with Crippen LogP contribution in [-0.4, -0.2) is 39.5 Å². The van der Waals surface area contributed by atoms with Gasteiger partial charge in [0.2, 0.25) is 0 Å². The van der Waals surface area contributed by atoms with Crippen molar-refractivity contribution in [2.45, 2.75) is 45.6 Å². The first kappa shape index (κ1) is 15.1. The first-order chi connectivity index (χ1) is 9.63. The van der Waals surface area contributed by atoms with Crippen molar-refractivity contribution in [2.24, 2.45) is 5.73 Å². The van der Waals surface area contributed by atoms with Gasteiger partial charge in [0.15, 0.2) is 5.82 Å². The molecule has 110 valence electrons. The number of thiocarbonyl (C=S) groups is 1. The molecule has 1 aromatic heterocycles. The Morgan fingerprint density at radius 3 is 2.50 bits per heavy atom. The number of hydrogen-bond donors (Lipinski definition) is 2. The van der Waals surface area contributed by atoms with Gasteiger partial charge in [-0.3, -0.25) is 0 Å². The smallest absolute Gasteiger partial charge is 0.162 e. The van der Waals surface area contributed by atoms with Crippen LogP contribution >= 0.6 is 12.2 Å². The van der Waals surface area contributed by atoms with Gasteiger partial charge in [-0.1, -0.05) is 26.1 Å². The number of nitrogens with zero attached hydrogens (tertiary/aromatic N) is 3. The third-order valence-electron chi connectivity index (χ3n) is 3.67. The van der Waals surface area contributed by atoms with E-state index in [1.807, 2.05) is 0 Å². The van der Waals surface area contributed by atoms with Crippen molar-refractivity contribution in [1.82, 2.24) is 10.2 Å². The minimum absolute atomic E-state index is 0.0892. The normalized spacial score (nSPS) is 14.3. The summed E-state index contributed by atoms with van der Waals surface area (Å²) in [5.41, 5.74) is 8.83. The third kappa shape index (κ3) is 2.91. The molecule has 0 aliphatic heterocycles. The lowest BCUT2D eigenvalue weighted by atomic mass is 10.0. The predicted molar refractivity (Wildman–Crippen MR) is 84.1 cm³/mol. The fraction of sp³-hybridized carbons (Fsp3) is 0.643. The molecule has 1 aliphatic carbocycles. The minimum atomic E-state index is 0.0892. The Kier molecular flexibility index (Phi) is 4.88. The van der Waals surface area contributed by atoms with Gasteiger partial charge in [-0.15, -0.1) is 5.10 Å². The first-order valence-electron chi connectivity index (χ1n) is 7.19. The Balaban J connectivity index is 2.53. The van der Waals surface area contributed by atoms with Crippen molar-refractivity contribution in [3.63, 3.8) is 0 Å². The second-order valence-electron chi connectivity index (χ2n) is 5.04. The Morgan fingerprint density at radius 1 is 1.35 bits per heavy atom. The second-order valence-corrected chi connectivity index (χ2v) is 5.48. The maximum atomic E-state index is 9.28. The van der Waals surface area contributed by atoms with Crippen LogP contribution in [0, 0.1) is 0 Å². The van der Waals surface area contributed by atoms with Crippen molar-refractivity contribution in [3.05, 3.63) is 16.8 Å². The summed E-state index contributed by atoms with van der Waals surface area (Å²) in [6.07, 6.45) is 3.89. The summed E-state index contributed by atoms with van der Waals surface area (Å²) < 4.78 is 0. The van der Waals surface area contributed by atoms with Crippen LogP contribution in [0.25, 0.3) is 0 Å². The van der Waals surface area contributed by atoms with E-state index >= 15 is 0 Å². The maximum absolute atomic E-state index is 9.28. The fourth-order valence-corrected chi connectivity index (χ4v) is 2.79. The molecule has 1 aromatic rings. The highest BCUT2D eigenvalue weighted by Crippen LogP contribution is 2.33. The topological polar surface area (TPSA) is 75.3 Å². The number of aliphatic hydroxyl groups excluding tert-OH is 1. The van der Waals surface area contributed by atoms with Gasteiger partial charge in [-0.2, -0.15) is 5.10 Å². The molecule has 0 radical (unpaired) electrons. The van der Waals surface area contributed by atoms with Crippen LogP contribution < -0.4 is 10.6 Å². The van der Waals surface area contributed by atoms with Crippen molar-refractivity contribution < 1.29 is 5.11 Å². The van der Waals surface area contributed by atoms with Gasteiger partial charge in [0.1, 0.15) is 4.99 Å². The zero-order valence-corrected chi connectivity index (χ0v) is 12.9. The maximum Gasteiger partial charge on any atom is 0.162 e. The molecule has 6 heteroatoms. The van der Waals surface area contributed by atoms with Crippen LogP contribution in [0.1, 0.15) is 43.5 Å². The number of aryl methyl sites for hydroxylation is 1. The number of aliphatic hydroxyl groups is 1. The number of rotatable bonds is 7. The number of anilines is 1. The van der Waals surface area contributed by atoms with E-state index in [0.717, 1.165) is 48.3 Å². The molecule has 1 fully saturated rings. The lowest BCUT2D eigenvalue weighted by Crippen LogP contribution is -2.33. The summed E-state index contributed by atoms with van der Waals surface area (Å²) in [5, 5.41) is 18.0. The summed E-state index contributed by atoms with van der Waals surface area (Å²) >= 11 is 5.24. The molecular formula is C14H22N4OS. The van der Waals surface area contributed by atoms with Gasteiger partial charge in [-0.25, -0.2) is 0 Å². The van der Waals surface area contributed by atoms with Crippen molar-refractivity contribution in [3.8, 4) is 0 Å². The van der Waals surface area contributed by atoms with E-state index in [1.54, 1.807) is 0 Å². The Hall–Kier alpha value is -1.27. The summed E-state index contributed by atoms with van der Waals surface area (Å²) in [6.45, 7) is 4.77. The van der Waals surface area contributed by atoms with Crippen molar-refractivity contribution in [1.29, 1.82) is 0 Å². The number of nitrogens with two attached hydrogens (primary N) is 1. The van der Waals surface area contributed by atoms with Gasteiger partial charge in [0.25, 0.3) is 0 Å². The Bertz CT molecular complexity index is 502. The molecule has 3 N–H and O–H groups in total. The van der Waals surface area contributed by atoms with Gasteiger partial charge in [0.05, 0.1) is 17.9 Å². The van der Waals surface area contributed by atoms with E-state index in [2.05, 4.69) is 28.9 Å². The zero-order chi connectivity index (χ0) is 14.7. The SMILES string of the molecule is CCc1nnc(N(CCO)C2CC2)c(C(N)=S)c1CC. The average Bonchev–Trinajstić information content (AvgIpc) is 3.27. The molecule has 0 atom stereocenters. The molecule has 1 heterocycles. The van der Waals surface area contributed by atoms with E-state index in [1.165, 1.54) is 0 Å². The lowest BCUT2D eigenvalue weighted by Gasteiger charge is -2.26. The molecule has 1 saturated carbocycles. The molecule has 0 unspecified atom stereocenters. The lowest BCUT2D eigenvalue weighted by molar-refractivity contribution is 0.301. The van der Waals surface area contributed by atoms with Crippen LogP contribution in [0.5, 0.6) is 0 Å². The molecule has 20 heavy (non-hydrogen) atoms. The molecule has 0 saturated heterocycles. The van der Waals surface area contributed by atoms with Gasteiger partial charge in [0, 0.05) is 12.6 Å². The molecule has 1 aliphatic rings. The Morgan fingerprint density at radius 2 is 2.05 bits per heavy atom. The molecule has 0 aromatic carbocycles. The Labute approximate surface area is 125 Å². The molecular weight excluding hydrogens is 272 g/mol. The number of hydrogen-bond acceptors (Lipinski definition) is 5. The summed E-state index contributed by atoms with van der Waals surface area (Å²) in [5.74, 6) is 0.739. The van der Waals surface area contributed by atoms with Gasteiger partial charge in [-0.05, 0) is 31.2 Å². The third-order valence-corrected chi connectivity index (χ3v) is 3.88. The molecule has 0 bridgehead atoms. The minimum Gasteiger partial charge on any atom is -0.395 e. The van der Waals surface area contributed by atoms with E-state index < -0.39 is 0 Å². The highest BCUT2D eigenvalue weighted by molar-refractivity contribution is 7.80.